The van der Waals surface area contributed by atoms with Crippen LogP contribution in [-0.2, 0) is 4.79 Å². The SMILES string of the molecule is Cc1cccc(C(=O)NC(C(=O)NCC2CCCNC2)C(C)C)c1.Cl. The van der Waals surface area contributed by atoms with Crippen molar-refractivity contribution < 1.29 is 9.59 Å². The number of piperidine rings is 1. The molecule has 2 amide bonds. The summed E-state index contributed by atoms with van der Waals surface area (Å²) in [6.07, 6.45) is 2.29. The minimum atomic E-state index is -0.519. The smallest absolute Gasteiger partial charge is 0.251 e. The fraction of sp³-hybridized carbons (Fsp3) is 0.579. The van der Waals surface area contributed by atoms with Crippen molar-refractivity contribution in [2.45, 2.75) is 39.7 Å². The molecule has 1 aromatic carbocycles. The Bertz CT molecular complexity index is 572. The second-order valence-corrected chi connectivity index (χ2v) is 7.02. The van der Waals surface area contributed by atoms with Gasteiger partial charge in [0.25, 0.3) is 5.91 Å². The number of carbonyl (C=O) groups excluding carboxylic acids is 2. The van der Waals surface area contributed by atoms with E-state index in [0.717, 1.165) is 31.5 Å². The van der Waals surface area contributed by atoms with Crippen molar-refractivity contribution in [1.82, 2.24) is 16.0 Å². The topological polar surface area (TPSA) is 70.2 Å². The molecule has 25 heavy (non-hydrogen) atoms. The maximum Gasteiger partial charge on any atom is 0.251 e. The van der Waals surface area contributed by atoms with Gasteiger partial charge in [0.15, 0.2) is 0 Å². The molecule has 0 aliphatic carbocycles. The molecule has 1 fully saturated rings. The highest BCUT2D eigenvalue weighted by Gasteiger charge is 2.25. The number of halogens is 1. The van der Waals surface area contributed by atoms with Gasteiger partial charge in [0.05, 0.1) is 0 Å². The van der Waals surface area contributed by atoms with E-state index in [9.17, 15) is 9.59 Å². The van der Waals surface area contributed by atoms with Gasteiger partial charge in [0.2, 0.25) is 5.91 Å². The first-order chi connectivity index (χ1) is 11.5. The van der Waals surface area contributed by atoms with Crippen LogP contribution in [0.3, 0.4) is 0 Å². The lowest BCUT2D eigenvalue weighted by Crippen LogP contribution is -2.51. The summed E-state index contributed by atoms with van der Waals surface area (Å²) < 4.78 is 0. The Morgan fingerprint density at radius 3 is 2.68 bits per heavy atom. The maximum absolute atomic E-state index is 12.5. The zero-order chi connectivity index (χ0) is 17.5. The van der Waals surface area contributed by atoms with E-state index in [2.05, 4.69) is 16.0 Å². The molecule has 2 unspecified atom stereocenters. The molecule has 0 bridgehead atoms. The van der Waals surface area contributed by atoms with Crippen LogP contribution in [-0.4, -0.2) is 37.5 Å². The van der Waals surface area contributed by atoms with Gasteiger partial charge in [-0.1, -0.05) is 31.5 Å². The molecule has 1 saturated heterocycles. The van der Waals surface area contributed by atoms with Gasteiger partial charge in [-0.3, -0.25) is 9.59 Å². The maximum atomic E-state index is 12.5. The van der Waals surface area contributed by atoms with Gasteiger partial charge in [-0.2, -0.15) is 0 Å². The van der Waals surface area contributed by atoms with Gasteiger partial charge in [-0.15, -0.1) is 12.4 Å². The molecule has 5 nitrogen and oxygen atoms in total. The summed E-state index contributed by atoms with van der Waals surface area (Å²) in [6, 6.07) is 6.88. The standard InChI is InChI=1S/C19H29N3O2.ClH/c1-13(2)17(19(24)21-12-15-7-5-9-20-11-15)22-18(23)16-8-4-6-14(3)10-16;/h4,6,8,10,13,15,17,20H,5,7,9,11-12H2,1-3H3,(H,21,24)(H,22,23);1H. The van der Waals surface area contributed by atoms with Crippen molar-refractivity contribution in [1.29, 1.82) is 0 Å². The largest absolute Gasteiger partial charge is 0.354 e. The minimum Gasteiger partial charge on any atom is -0.354 e. The van der Waals surface area contributed by atoms with Crippen LogP contribution in [0.4, 0.5) is 0 Å². The average Bonchev–Trinajstić information content (AvgIpc) is 2.58. The number of hydrogen-bond acceptors (Lipinski definition) is 3. The summed E-state index contributed by atoms with van der Waals surface area (Å²) >= 11 is 0. The molecule has 0 aromatic heterocycles. The van der Waals surface area contributed by atoms with Crippen LogP contribution < -0.4 is 16.0 Å². The molecule has 0 spiro atoms. The van der Waals surface area contributed by atoms with Gasteiger partial charge in [-0.25, -0.2) is 0 Å². The Morgan fingerprint density at radius 2 is 2.08 bits per heavy atom. The lowest BCUT2D eigenvalue weighted by atomic mass is 9.98. The summed E-state index contributed by atoms with van der Waals surface area (Å²) in [4.78, 5) is 24.9. The number of aryl methyl sites for hydroxylation is 1. The summed E-state index contributed by atoms with van der Waals surface area (Å²) in [6.45, 7) is 8.51. The Morgan fingerprint density at radius 1 is 1.32 bits per heavy atom. The predicted molar refractivity (Wildman–Crippen MR) is 103 cm³/mol. The molecule has 6 heteroatoms. The number of benzene rings is 1. The van der Waals surface area contributed by atoms with Crippen LogP contribution in [0.25, 0.3) is 0 Å². The van der Waals surface area contributed by atoms with Crippen molar-refractivity contribution in [2.75, 3.05) is 19.6 Å². The zero-order valence-electron chi connectivity index (χ0n) is 15.3. The van der Waals surface area contributed by atoms with Crippen molar-refractivity contribution in [3.63, 3.8) is 0 Å². The van der Waals surface area contributed by atoms with Crippen LogP contribution >= 0.6 is 12.4 Å². The van der Waals surface area contributed by atoms with Crippen molar-refractivity contribution in [3.8, 4) is 0 Å². The highest BCUT2D eigenvalue weighted by molar-refractivity contribution is 5.97. The molecule has 3 N–H and O–H groups in total. The zero-order valence-corrected chi connectivity index (χ0v) is 16.1. The van der Waals surface area contributed by atoms with Crippen LogP contribution in [0, 0.1) is 18.8 Å². The number of carbonyl (C=O) groups is 2. The number of nitrogens with one attached hydrogen (secondary N) is 3. The second kappa shape index (κ2) is 10.4. The van der Waals surface area contributed by atoms with E-state index in [0.29, 0.717) is 18.0 Å². The fourth-order valence-electron chi connectivity index (χ4n) is 3.00. The van der Waals surface area contributed by atoms with E-state index < -0.39 is 6.04 Å². The highest BCUT2D eigenvalue weighted by atomic mass is 35.5. The molecular formula is C19H30ClN3O2. The van der Waals surface area contributed by atoms with Crippen LogP contribution in [0.5, 0.6) is 0 Å². The predicted octanol–water partition coefficient (Wildman–Crippen LogP) is 2.29. The second-order valence-electron chi connectivity index (χ2n) is 7.02. The monoisotopic (exact) mass is 367 g/mol. The van der Waals surface area contributed by atoms with Crippen molar-refractivity contribution >= 4 is 24.2 Å². The quantitative estimate of drug-likeness (QED) is 0.722. The summed E-state index contributed by atoms with van der Waals surface area (Å²) in [5.41, 5.74) is 1.61. The van der Waals surface area contributed by atoms with E-state index >= 15 is 0 Å². The molecule has 2 rings (SSSR count). The minimum absolute atomic E-state index is 0. The Balaban J connectivity index is 0.00000312. The third-order valence-corrected chi connectivity index (χ3v) is 4.48. The lowest BCUT2D eigenvalue weighted by molar-refractivity contribution is -0.124. The third kappa shape index (κ3) is 6.67. The molecular weight excluding hydrogens is 338 g/mol. The first-order valence-electron chi connectivity index (χ1n) is 8.83. The highest BCUT2D eigenvalue weighted by Crippen LogP contribution is 2.10. The van der Waals surface area contributed by atoms with Crippen LogP contribution in [0.2, 0.25) is 0 Å². The van der Waals surface area contributed by atoms with E-state index in [1.165, 1.54) is 0 Å². The van der Waals surface area contributed by atoms with E-state index in [4.69, 9.17) is 0 Å². The summed E-state index contributed by atoms with van der Waals surface area (Å²) in [5, 5.41) is 9.24. The van der Waals surface area contributed by atoms with Crippen molar-refractivity contribution in [2.24, 2.45) is 11.8 Å². The molecule has 1 aliphatic heterocycles. The van der Waals surface area contributed by atoms with Gasteiger partial charge in [-0.05, 0) is 56.8 Å². The van der Waals surface area contributed by atoms with Gasteiger partial charge in [0.1, 0.15) is 6.04 Å². The Hall–Kier alpha value is -1.59. The first-order valence-corrected chi connectivity index (χ1v) is 8.83. The fourth-order valence-corrected chi connectivity index (χ4v) is 3.00. The number of amides is 2. The Labute approximate surface area is 156 Å². The van der Waals surface area contributed by atoms with Gasteiger partial charge >= 0.3 is 0 Å². The van der Waals surface area contributed by atoms with E-state index in [1.807, 2.05) is 39.0 Å². The molecule has 1 aliphatic rings. The molecule has 1 heterocycles. The number of hydrogen-bond donors (Lipinski definition) is 3. The summed E-state index contributed by atoms with van der Waals surface area (Å²) in [7, 11) is 0. The van der Waals surface area contributed by atoms with E-state index in [1.54, 1.807) is 6.07 Å². The third-order valence-electron chi connectivity index (χ3n) is 4.48. The molecule has 0 saturated carbocycles. The number of rotatable bonds is 6. The normalized spacial score (nSPS) is 18.2. The van der Waals surface area contributed by atoms with Gasteiger partial charge in [0, 0.05) is 12.1 Å². The molecule has 140 valence electrons. The van der Waals surface area contributed by atoms with Crippen LogP contribution in [0.15, 0.2) is 24.3 Å². The first kappa shape index (κ1) is 21.5. The van der Waals surface area contributed by atoms with Gasteiger partial charge < -0.3 is 16.0 Å². The van der Waals surface area contributed by atoms with Crippen LogP contribution in [0.1, 0.15) is 42.6 Å². The summed E-state index contributed by atoms with van der Waals surface area (Å²) in [5.74, 6) is 0.203. The van der Waals surface area contributed by atoms with Crippen molar-refractivity contribution in [3.05, 3.63) is 35.4 Å². The molecule has 0 radical (unpaired) electrons. The molecule has 2 atom stereocenters. The average molecular weight is 368 g/mol. The van der Waals surface area contributed by atoms with E-state index in [-0.39, 0.29) is 30.1 Å². The molecule has 1 aromatic rings. The Kier molecular flexibility index (Phi) is 8.93. The lowest BCUT2D eigenvalue weighted by Gasteiger charge is -2.26.